The molecule has 8 nitrogen and oxygen atoms in total. The smallest absolute Gasteiger partial charge is 0.260 e. The van der Waals surface area contributed by atoms with Crippen molar-refractivity contribution in [3.05, 3.63) is 29.8 Å². The third-order valence-corrected chi connectivity index (χ3v) is 5.16. The van der Waals surface area contributed by atoms with E-state index in [1.165, 1.54) is 0 Å². The average Bonchev–Trinajstić information content (AvgIpc) is 3.26. The largest absolute Gasteiger partial charge is 0.479 e. The number of aromatic nitrogens is 4. The number of aryl methyl sites for hydroxylation is 2. The van der Waals surface area contributed by atoms with Crippen LogP contribution >= 0.6 is 0 Å². The van der Waals surface area contributed by atoms with Gasteiger partial charge in [0.25, 0.3) is 5.91 Å². The average molecular weight is 342 g/mol. The molecule has 132 valence electrons. The number of likely N-dealkylation sites (tertiary alicyclic amines) is 1. The number of carbonyl (C=O) groups excluding carboxylic acids is 1. The zero-order chi connectivity index (χ0) is 17.6. The Labute approximate surface area is 146 Å². The van der Waals surface area contributed by atoms with E-state index in [4.69, 9.17) is 4.74 Å². The van der Waals surface area contributed by atoms with E-state index in [-0.39, 0.29) is 5.91 Å². The lowest BCUT2D eigenvalue weighted by Gasteiger charge is -2.23. The van der Waals surface area contributed by atoms with Crippen LogP contribution in [0.3, 0.4) is 0 Å². The molecule has 25 heavy (non-hydrogen) atoms. The fourth-order valence-corrected chi connectivity index (χ4v) is 3.99. The molecule has 2 unspecified atom stereocenters. The number of nitrogens with zero attached hydrogens (tertiary/aromatic N) is 6. The number of anilines is 1. The Kier molecular flexibility index (Phi) is 3.82. The summed E-state index contributed by atoms with van der Waals surface area (Å²) < 4.78 is 6.84. The van der Waals surface area contributed by atoms with E-state index in [0.717, 1.165) is 37.6 Å². The molecule has 2 aromatic rings. The first kappa shape index (κ1) is 15.9. The van der Waals surface area contributed by atoms with Gasteiger partial charge in [-0.25, -0.2) is 9.97 Å². The van der Waals surface area contributed by atoms with Crippen LogP contribution in [0.5, 0.6) is 5.88 Å². The standard InChI is InChI=1S/C17H22N6O2/c1-11-4-18-10-19-15(11)22-5-12-7-23(8-13(12)6-22)17(24)14-9-21(2)20-16(14)25-3/h4,9-10,12-13H,5-8H2,1-3H3. The lowest BCUT2D eigenvalue weighted by atomic mass is 10.0. The molecule has 4 heterocycles. The van der Waals surface area contributed by atoms with Gasteiger partial charge in [0, 0.05) is 63.0 Å². The maximum Gasteiger partial charge on any atom is 0.260 e. The molecule has 2 aliphatic heterocycles. The molecule has 0 radical (unpaired) electrons. The molecule has 4 rings (SSSR count). The normalized spacial score (nSPS) is 22.4. The van der Waals surface area contributed by atoms with Crippen molar-refractivity contribution >= 4 is 11.7 Å². The Bertz CT molecular complexity index is 790. The minimum absolute atomic E-state index is 0.00381. The number of rotatable bonds is 3. The molecule has 0 N–H and O–H groups in total. The third-order valence-electron chi connectivity index (χ3n) is 5.16. The van der Waals surface area contributed by atoms with E-state index in [2.05, 4.69) is 20.0 Å². The number of amides is 1. The summed E-state index contributed by atoms with van der Waals surface area (Å²) in [5.74, 6) is 2.35. The highest BCUT2D eigenvalue weighted by Crippen LogP contribution is 2.35. The zero-order valence-corrected chi connectivity index (χ0v) is 14.7. The fourth-order valence-electron chi connectivity index (χ4n) is 3.99. The van der Waals surface area contributed by atoms with E-state index < -0.39 is 0 Å². The van der Waals surface area contributed by atoms with Gasteiger partial charge in [-0.05, 0) is 6.92 Å². The van der Waals surface area contributed by atoms with Crippen molar-refractivity contribution in [1.82, 2.24) is 24.6 Å². The molecular formula is C17H22N6O2. The Hall–Kier alpha value is -2.64. The van der Waals surface area contributed by atoms with Crippen LogP contribution in [0.1, 0.15) is 15.9 Å². The minimum atomic E-state index is 0.00381. The summed E-state index contributed by atoms with van der Waals surface area (Å²) in [5.41, 5.74) is 1.63. The van der Waals surface area contributed by atoms with E-state index in [0.29, 0.717) is 23.3 Å². The quantitative estimate of drug-likeness (QED) is 0.819. The summed E-state index contributed by atoms with van der Waals surface area (Å²) >= 11 is 0. The molecule has 2 aromatic heterocycles. The molecule has 2 saturated heterocycles. The van der Waals surface area contributed by atoms with E-state index >= 15 is 0 Å². The van der Waals surface area contributed by atoms with Gasteiger partial charge < -0.3 is 14.5 Å². The van der Waals surface area contributed by atoms with Gasteiger partial charge in [-0.15, -0.1) is 5.10 Å². The van der Waals surface area contributed by atoms with Crippen molar-refractivity contribution in [1.29, 1.82) is 0 Å². The van der Waals surface area contributed by atoms with Gasteiger partial charge in [-0.3, -0.25) is 9.48 Å². The predicted octanol–water partition coefficient (Wildman–Crippen LogP) is 0.736. The SMILES string of the molecule is COc1nn(C)cc1C(=O)N1CC2CN(c3ncncc3C)CC2C1. The fraction of sp³-hybridized carbons (Fsp3) is 0.529. The van der Waals surface area contributed by atoms with Crippen LogP contribution in [0.25, 0.3) is 0 Å². The summed E-state index contributed by atoms with van der Waals surface area (Å²) in [6, 6.07) is 0. The first-order valence-corrected chi connectivity index (χ1v) is 8.45. The summed E-state index contributed by atoms with van der Waals surface area (Å²) in [6.45, 7) is 5.42. The van der Waals surface area contributed by atoms with Crippen LogP contribution in [0.2, 0.25) is 0 Å². The van der Waals surface area contributed by atoms with Gasteiger partial charge in [-0.2, -0.15) is 0 Å². The number of methoxy groups -OCH3 is 1. The predicted molar refractivity (Wildman–Crippen MR) is 91.6 cm³/mol. The first-order valence-electron chi connectivity index (χ1n) is 8.45. The van der Waals surface area contributed by atoms with Crippen molar-refractivity contribution < 1.29 is 9.53 Å². The van der Waals surface area contributed by atoms with Crippen molar-refractivity contribution in [3.63, 3.8) is 0 Å². The van der Waals surface area contributed by atoms with Gasteiger partial charge >= 0.3 is 0 Å². The van der Waals surface area contributed by atoms with Crippen molar-refractivity contribution in [2.75, 3.05) is 38.2 Å². The highest BCUT2D eigenvalue weighted by Gasteiger charge is 2.43. The number of hydrogen-bond donors (Lipinski definition) is 0. The molecule has 0 saturated carbocycles. The highest BCUT2D eigenvalue weighted by atomic mass is 16.5. The van der Waals surface area contributed by atoms with E-state index in [1.54, 1.807) is 31.4 Å². The van der Waals surface area contributed by atoms with Gasteiger partial charge in [0.15, 0.2) is 0 Å². The molecule has 8 heteroatoms. The van der Waals surface area contributed by atoms with Crippen molar-refractivity contribution in [3.8, 4) is 5.88 Å². The van der Waals surface area contributed by atoms with Crippen LogP contribution in [-0.4, -0.2) is 63.8 Å². The second-order valence-electron chi connectivity index (χ2n) is 6.89. The van der Waals surface area contributed by atoms with Crippen LogP contribution in [-0.2, 0) is 7.05 Å². The van der Waals surface area contributed by atoms with Gasteiger partial charge in [0.1, 0.15) is 17.7 Å². The molecule has 0 spiro atoms. The molecule has 0 bridgehead atoms. The van der Waals surface area contributed by atoms with Crippen LogP contribution in [0.15, 0.2) is 18.7 Å². The summed E-state index contributed by atoms with van der Waals surface area (Å²) in [7, 11) is 3.33. The van der Waals surface area contributed by atoms with Crippen LogP contribution < -0.4 is 9.64 Å². The maximum absolute atomic E-state index is 12.8. The molecule has 2 atom stereocenters. The van der Waals surface area contributed by atoms with E-state index in [1.807, 2.05) is 18.0 Å². The second kappa shape index (κ2) is 6.02. The topological polar surface area (TPSA) is 76.4 Å². The Balaban J connectivity index is 1.46. The van der Waals surface area contributed by atoms with Crippen LogP contribution in [0, 0.1) is 18.8 Å². The molecule has 0 aromatic carbocycles. The Morgan fingerprint density at radius 2 is 1.96 bits per heavy atom. The highest BCUT2D eigenvalue weighted by molar-refractivity contribution is 5.96. The Morgan fingerprint density at radius 1 is 1.24 bits per heavy atom. The molecule has 2 aliphatic rings. The lowest BCUT2D eigenvalue weighted by molar-refractivity contribution is 0.0779. The lowest BCUT2D eigenvalue weighted by Crippen LogP contribution is -2.33. The number of carbonyl (C=O) groups is 1. The minimum Gasteiger partial charge on any atom is -0.479 e. The van der Waals surface area contributed by atoms with Gasteiger partial charge in [-0.1, -0.05) is 0 Å². The first-order chi connectivity index (χ1) is 12.1. The summed E-state index contributed by atoms with van der Waals surface area (Å²) in [6.07, 6.45) is 5.17. The van der Waals surface area contributed by atoms with E-state index in [9.17, 15) is 4.79 Å². The van der Waals surface area contributed by atoms with Gasteiger partial charge in [0.05, 0.1) is 7.11 Å². The molecule has 0 aliphatic carbocycles. The summed E-state index contributed by atoms with van der Waals surface area (Å²) in [4.78, 5) is 25.6. The molecule has 1 amide bonds. The maximum atomic E-state index is 12.8. The molecule has 2 fully saturated rings. The Morgan fingerprint density at radius 3 is 2.60 bits per heavy atom. The van der Waals surface area contributed by atoms with Crippen molar-refractivity contribution in [2.45, 2.75) is 6.92 Å². The van der Waals surface area contributed by atoms with Crippen LogP contribution in [0.4, 0.5) is 5.82 Å². The number of ether oxygens (including phenoxy) is 1. The zero-order valence-electron chi connectivity index (χ0n) is 14.7. The monoisotopic (exact) mass is 342 g/mol. The number of hydrogen-bond acceptors (Lipinski definition) is 6. The third kappa shape index (κ3) is 2.71. The molecular weight excluding hydrogens is 320 g/mol. The number of fused-ring (bicyclic) bond motifs is 1. The second-order valence-corrected chi connectivity index (χ2v) is 6.89. The van der Waals surface area contributed by atoms with Crippen molar-refractivity contribution in [2.24, 2.45) is 18.9 Å². The summed E-state index contributed by atoms with van der Waals surface area (Å²) in [5, 5.41) is 4.18. The van der Waals surface area contributed by atoms with Gasteiger partial charge in [0.2, 0.25) is 5.88 Å².